The topological polar surface area (TPSA) is 35.0 Å². The second-order valence-corrected chi connectivity index (χ2v) is 5.28. The lowest BCUT2D eigenvalue weighted by Crippen LogP contribution is -1.92. The summed E-state index contributed by atoms with van der Waals surface area (Å²) in [6, 6.07) is 8.24. The zero-order valence-corrected chi connectivity index (χ0v) is 12.2. The molecule has 3 nitrogen and oxygen atoms in total. The Morgan fingerprint density at radius 2 is 1.95 bits per heavy atom. The molecular formula is C15H10BrFN2O. The van der Waals surface area contributed by atoms with Gasteiger partial charge in [-0.3, -0.25) is 4.98 Å². The standard InChI is InChI=1S/C15H10BrFN2O/c1-9-2-3-11(17)14(6-9)20-13-4-5-18-12-7-10(16)8-19-15(12)13/h2-8H,1H3. The van der Waals surface area contributed by atoms with E-state index in [9.17, 15) is 4.39 Å². The molecular weight excluding hydrogens is 323 g/mol. The molecule has 0 bridgehead atoms. The molecule has 3 rings (SSSR count). The third-order valence-electron chi connectivity index (χ3n) is 2.81. The number of hydrogen-bond acceptors (Lipinski definition) is 3. The van der Waals surface area contributed by atoms with Crippen molar-refractivity contribution in [3.63, 3.8) is 0 Å². The highest BCUT2D eigenvalue weighted by molar-refractivity contribution is 9.10. The molecule has 20 heavy (non-hydrogen) atoms. The van der Waals surface area contributed by atoms with Gasteiger partial charge in [-0.2, -0.15) is 0 Å². The molecule has 0 unspecified atom stereocenters. The van der Waals surface area contributed by atoms with E-state index in [1.807, 2.05) is 13.0 Å². The van der Waals surface area contributed by atoms with Crippen LogP contribution in [0.25, 0.3) is 11.0 Å². The molecule has 1 aromatic carbocycles. The summed E-state index contributed by atoms with van der Waals surface area (Å²) in [5.41, 5.74) is 2.21. The lowest BCUT2D eigenvalue weighted by molar-refractivity contribution is 0.445. The number of hydrogen-bond donors (Lipinski definition) is 0. The number of aryl methyl sites for hydroxylation is 1. The smallest absolute Gasteiger partial charge is 0.165 e. The van der Waals surface area contributed by atoms with Crippen molar-refractivity contribution in [1.29, 1.82) is 0 Å². The summed E-state index contributed by atoms with van der Waals surface area (Å²) in [4.78, 5) is 8.49. The van der Waals surface area contributed by atoms with E-state index in [2.05, 4.69) is 25.9 Å². The number of ether oxygens (including phenoxy) is 1. The summed E-state index contributed by atoms with van der Waals surface area (Å²) < 4.78 is 20.2. The molecule has 0 aliphatic rings. The van der Waals surface area contributed by atoms with Crippen LogP contribution in [-0.4, -0.2) is 9.97 Å². The van der Waals surface area contributed by atoms with Gasteiger partial charge in [-0.1, -0.05) is 6.07 Å². The summed E-state index contributed by atoms with van der Waals surface area (Å²) in [7, 11) is 0. The number of rotatable bonds is 2. The fourth-order valence-corrected chi connectivity index (χ4v) is 2.19. The van der Waals surface area contributed by atoms with Crippen molar-refractivity contribution < 1.29 is 9.13 Å². The van der Waals surface area contributed by atoms with Gasteiger partial charge in [0, 0.05) is 22.9 Å². The quantitative estimate of drug-likeness (QED) is 0.686. The van der Waals surface area contributed by atoms with E-state index in [0.717, 1.165) is 10.0 Å². The minimum absolute atomic E-state index is 0.183. The minimum atomic E-state index is -0.405. The average Bonchev–Trinajstić information content (AvgIpc) is 2.43. The Morgan fingerprint density at radius 3 is 2.80 bits per heavy atom. The maximum Gasteiger partial charge on any atom is 0.165 e. The van der Waals surface area contributed by atoms with E-state index in [4.69, 9.17) is 4.74 Å². The van der Waals surface area contributed by atoms with Gasteiger partial charge in [0.2, 0.25) is 0 Å². The molecule has 0 fully saturated rings. The number of halogens is 2. The first-order chi connectivity index (χ1) is 9.63. The average molecular weight is 333 g/mol. The third-order valence-corrected chi connectivity index (χ3v) is 3.25. The highest BCUT2D eigenvalue weighted by Crippen LogP contribution is 2.30. The van der Waals surface area contributed by atoms with E-state index in [1.54, 1.807) is 30.6 Å². The van der Waals surface area contributed by atoms with Crippen LogP contribution in [0.1, 0.15) is 5.56 Å². The van der Waals surface area contributed by atoms with Crippen LogP contribution in [0.2, 0.25) is 0 Å². The van der Waals surface area contributed by atoms with Crippen LogP contribution in [0.4, 0.5) is 4.39 Å². The van der Waals surface area contributed by atoms with E-state index in [-0.39, 0.29) is 5.75 Å². The maximum atomic E-state index is 13.8. The number of benzene rings is 1. The number of nitrogens with zero attached hydrogens (tertiary/aromatic N) is 2. The molecule has 0 amide bonds. The van der Waals surface area contributed by atoms with Crippen molar-refractivity contribution in [1.82, 2.24) is 9.97 Å². The van der Waals surface area contributed by atoms with Crippen LogP contribution in [0.3, 0.4) is 0 Å². The van der Waals surface area contributed by atoms with Crippen LogP contribution in [0.5, 0.6) is 11.5 Å². The van der Waals surface area contributed by atoms with E-state index >= 15 is 0 Å². The lowest BCUT2D eigenvalue weighted by Gasteiger charge is -2.09. The van der Waals surface area contributed by atoms with E-state index < -0.39 is 5.82 Å². The molecule has 0 aliphatic heterocycles. The van der Waals surface area contributed by atoms with E-state index in [1.165, 1.54) is 6.07 Å². The second kappa shape index (κ2) is 5.17. The largest absolute Gasteiger partial charge is 0.452 e. The molecule has 2 heterocycles. The Morgan fingerprint density at radius 1 is 1.10 bits per heavy atom. The first-order valence-electron chi connectivity index (χ1n) is 5.98. The molecule has 100 valence electrons. The second-order valence-electron chi connectivity index (χ2n) is 4.37. The molecule has 3 aromatic rings. The summed E-state index contributed by atoms with van der Waals surface area (Å²) in [6.07, 6.45) is 3.27. The third kappa shape index (κ3) is 2.49. The monoisotopic (exact) mass is 332 g/mol. The highest BCUT2D eigenvalue weighted by atomic mass is 79.9. The summed E-state index contributed by atoms with van der Waals surface area (Å²) >= 11 is 3.34. The predicted molar refractivity (Wildman–Crippen MR) is 78.4 cm³/mol. The molecule has 2 aromatic heterocycles. The van der Waals surface area contributed by atoms with Crippen molar-refractivity contribution in [2.24, 2.45) is 0 Å². The summed E-state index contributed by atoms with van der Waals surface area (Å²) in [6.45, 7) is 1.88. The van der Waals surface area contributed by atoms with Crippen LogP contribution in [-0.2, 0) is 0 Å². The number of fused-ring (bicyclic) bond motifs is 1. The zero-order valence-electron chi connectivity index (χ0n) is 10.6. The van der Waals surface area contributed by atoms with Gasteiger partial charge in [-0.25, -0.2) is 9.37 Å². The maximum absolute atomic E-state index is 13.8. The summed E-state index contributed by atoms with van der Waals surface area (Å²) in [5, 5.41) is 0. The Labute approximate surface area is 123 Å². The van der Waals surface area contributed by atoms with Gasteiger partial charge in [-0.15, -0.1) is 0 Å². The summed E-state index contributed by atoms with van der Waals surface area (Å²) in [5.74, 6) is 0.256. The van der Waals surface area contributed by atoms with E-state index in [0.29, 0.717) is 16.8 Å². The van der Waals surface area contributed by atoms with Crippen LogP contribution in [0, 0.1) is 12.7 Å². The van der Waals surface area contributed by atoms with Gasteiger partial charge < -0.3 is 4.74 Å². The fraction of sp³-hybridized carbons (Fsp3) is 0.0667. The van der Waals surface area contributed by atoms with Gasteiger partial charge in [0.05, 0.1) is 5.52 Å². The molecule has 0 atom stereocenters. The SMILES string of the molecule is Cc1ccc(F)c(Oc2ccnc3cc(Br)cnc23)c1. The first kappa shape index (κ1) is 13.0. The van der Waals surface area contributed by atoms with Crippen LogP contribution >= 0.6 is 15.9 Å². The van der Waals surface area contributed by atoms with Gasteiger partial charge >= 0.3 is 0 Å². The minimum Gasteiger partial charge on any atom is -0.452 e. The Bertz CT molecular complexity index is 792. The lowest BCUT2D eigenvalue weighted by atomic mass is 10.2. The Kier molecular flexibility index (Phi) is 3.36. The fourth-order valence-electron chi connectivity index (χ4n) is 1.87. The molecule has 0 spiro atoms. The van der Waals surface area contributed by atoms with Gasteiger partial charge in [0.15, 0.2) is 17.3 Å². The number of pyridine rings is 2. The van der Waals surface area contributed by atoms with Crippen LogP contribution in [0.15, 0.2) is 47.2 Å². The first-order valence-corrected chi connectivity index (χ1v) is 6.77. The predicted octanol–water partition coefficient (Wildman–Crippen LogP) is 4.63. The zero-order chi connectivity index (χ0) is 14.1. The molecule has 0 aliphatic carbocycles. The molecule has 0 saturated heterocycles. The molecule has 0 saturated carbocycles. The van der Waals surface area contributed by atoms with Crippen molar-refractivity contribution in [2.75, 3.05) is 0 Å². The van der Waals surface area contributed by atoms with Crippen LogP contribution < -0.4 is 4.74 Å². The van der Waals surface area contributed by atoms with Gasteiger partial charge in [0.25, 0.3) is 0 Å². The molecule has 0 N–H and O–H groups in total. The highest BCUT2D eigenvalue weighted by Gasteiger charge is 2.09. The molecule has 0 radical (unpaired) electrons. The van der Waals surface area contributed by atoms with Crippen molar-refractivity contribution >= 4 is 27.0 Å². The Balaban J connectivity index is 2.09. The van der Waals surface area contributed by atoms with Crippen molar-refractivity contribution in [3.05, 3.63) is 58.6 Å². The van der Waals surface area contributed by atoms with Gasteiger partial charge in [-0.05, 0) is 46.6 Å². The normalized spacial score (nSPS) is 10.8. The van der Waals surface area contributed by atoms with Crippen molar-refractivity contribution in [3.8, 4) is 11.5 Å². The Hall–Kier alpha value is -2.01. The van der Waals surface area contributed by atoms with Gasteiger partial charge in [0.1, 0.15) is 5.52 Å². The molecule has 5 heteroatoms. The number of aromatic nitrogens is 2. The van der Waals surface area contributed by atoms with Crippen molar-refractivity contribution in [2.45, 2.75) is 6.92 Å².